The summed E-state index contributed by atoms with van der Waals surface area (Å²) in [6, 6.07) is 12.2. The van der Waals surface area contributed by atoms with Crippen molar-refractivity contribution in [3.05, 3.63) is 59.2 Å². The zero-order chi connectivity index (χ0) is 23.8. The fraction of sp³-hybridized carbons (Fsp3) is 0.400. The Morgan fingerprint density at radius 1 is 1.03 bits per heavy atom. The van der Waals surface area contributed by atoms with Gasteiger partial charge in [-0.25, -0.2) is 4.79 Å². The molecular weight excluding hydrogens is 424 g/mol. The molecule has 0 saturated carbocycles. The van der Waals surface area contributed by atoms with E-state index in [1.54, 1.807) is 36.1 Å². The second-order valence-corrected chi connectivity index (χ2v) is 8.00. The number of nitrogens with one attached hydrogen (secondary N) is 1. The molecule has 1 N–H and O–H groups in total. The van der Waals surface area contributed by atoms with Gasteiger partial charge in [0.15, 0.2) is 6.61 Å². The minimum absolute atomic E-state index is 0.00428. The number of carbonyl (C=O) groups excluding carboxylic acids is 3. The molecule has 0 radical (unpaired) electrons. The van der Waals surface area contributed by atoms with E-state index in [-0.39, 0.29) is 31.1 Å². The maximum absolute atomic E-state index is 12.8. The molecule has 0 unspecified atom stereocenters. The third-order valence-electron chi connectivity index (χ3n) is 5.40. The zero-order valence-electron chi connectivity index (χ0n) is 19.3. The molecule has 8 heteroatoms. The first kappa shape index (κ1) is 24.1. The number of carbonyl (C=O) groups is 3. The molecule has 1 aliphatic rings. The van der Waals surface area contributed by atoms with Crippen molar-refractivity contribution in [2.45, 2.75) is 39.7 Å². The zero-order valence-corrected chi connectivity index (χ0v) is 19.3. The Labute approximate surface area is 193 Å². The Bertz CT molecular complexity index is 981. The van der Waals surface area contributed by atoms with Crippen molar-refractivity contribution in [3.8, 4) is 11.5 Å². The number of rotatable bonds is 7. The van der Waals surface area contributed by atoms with Crippen LogP contribution in [0.5, 0.6) is 11.5 Å². The first-order valence-electron chi connectivity index (χ1n) is 11.1. The van der Waals surface area contributed by atoms with Crippen LogP contribution in [0.15, 0.2) is 42.5 Å². The Balaban J connectivity index is 1.42. The van der Waals surface area contributed by atoms with Crippen LogP contribution in [0, 0.1) is 13.8 Å². The predicted octanol–water partition coefficient (Wildman–Crippen LogP) is 3.64. The van der Waals surface area contributed by atoms with Gasteiger partial charge in [-0.2, -0.15) is 0 Å². The van der Waals surface area contributed by atoms with Crippen LogP contribution < -0.4 is 14.8 Å². The Hall–Kier alpha value is -3.55. The number of likely N-dealkylation sites (tertiary alicyclic amines) is 1. The molecule has 33 heavy (non-hydrogen) atoms. The summed E-state index contributed by atoms with van der Waals surface area (Å²) in [6.45, 7) is 6.93. The average Bonchev–Trinajstić information content (AvgIpc) is 2.79. The second kappa shape index (κ2) is 11.4. The van der Waals surface area contributed by atoms with Crippen molar-refractivity contribution in [1.82, 2.24) is 10.2 Å². The summed E-state index contributed by atoms with van der Waals surface area (Å²) >= 11 is 0. The first-order valence-corrected chi connectivity index (χ1v) is 11.1. The topological polar surface area (TPSA) is 94.2 Å². The lowest BCUT2D eigenvalue weighted by Crippen LogP contribution is -2.47. The van der Waals surface area contributed by atoms with Crippen molar-refractivity contribution in [2.75, 3.05) is 26.3 Å². The number of hydrogen-bond acceptors (Lipinski definition) is 6. The number of aryl methyl sites for hydroxylation is 2. The van der Waals surface area contributed by atoms with Gasteiger partial charge in [0.1, 0.15) is 11.5 Å². The van der Waals surface area contributed by atoms with E-state index in [4.69, 9.17) is 14.2 Å². The number of nitrogens with zero attached hydrogens (tertiary/aromatic N) is 1. The molecule has 1 saturated heterocycles. The highest BCUT2D eigenvalue weighted by Gasteiger charge is 2.25. The number of hydrogen-bond donors (Lipinski definition) is 1. The van der Waals surface area contributed by atoms with Gasteiger partial charge in [0.05, 0.1) is 6.61 Å². The Kier molecular flexibility index (Phi) is 8.29. The van der Waals surface area contributed by atoms with Crippen LogP contribution in [0.3, 0.4) is 0 Å². The van der Waals surface area contributed by atoms with Crippen LogP contribution in [-0.4, -0.2) is 55.2 Å². The Morgan fingerprint density at radius 3 is 2.36 bits per heavy atom. The minimum Gasteiger partial charge on any atom is -0.484 e. The monoisotopic (exact) mass is 454 g/mol. The highest BCUT2D eigenvalue weighted by atomic mass is 16.7. The summed E-state index contributed by atoms with van der Waals surface area (Å²) in [5, 5.41) is 2.99. The third kappa shape index (κ3) is 6.97. The van der Waals surface area contributed by atoms with Crippen LogP contribution in [0.2, 0.25) is 0 Å². The fourth-order valence-electron chi connectivity index (χ4n) is 3.69. The van der Waals surface area contributed by atoms with Gasteiger partial charge in [0, 0.05) is 24.7 Å². The number of ether oxygens (including phenoxy) is 3. The second-order valence-electron chi connectivity index (χ2n) is 8.00. The molecule has 0 aromatic heterocycles. The average molecular weight is 455 g/mol. The van der Waals surface area contributed by atoms with E-state index < -0.39 is 6.16 Å². The molecule has 2 aromatic rings. The van der Waals surface area contributed by atoms with Crippen LogP contribution in [0.25, 0.3) is 0 Å². The number of benzene rings is 2. The van der Waals surface area contributed by atoms with Crippen LogP contribution in [0.1, 0.15) is 41.3 Å². The largest absolute Gasteiger partial charge is 0.513 e. The summed E-state index contributed by atoms with van der Waals surface area (Å²) in [5.41, 5.74) is 2.65. The molecule has 0 spiro atoms. The van der Waals surface area contributed by atoms with Crippen molar-refractivity contribution in [1.29, 1.82) is 0 Å². The highest BCUT2D eigenvalue weighted by Crippen LogP contribution is 2.19. The van der Waals surface area contributed by atoms with Gasteiger partial charge in [-0.3, -0.25) is 9.59 Å². The SMILES string of the molecule is CCOC(=O)Oc1ccc(C(=O)N2CCC(NC(=O)COc3ccc(C)cc3C)CC2)cc1. The summed E-state index contributed by atoms with van der Waals surface area (Å²) in [7, 11) is 0. The van der Waals surface area contributed by atoms with Crippen LogP contribution in [-0.2, 0) is 9.53 Å². The van der Waals surface area contributed by atoms with Crippen LogP contribution in [0.4, 0.5) is 4.79 Å². The molecule has 0 aliphatic carbocycles. The number of amides is 2. The maximum Gasteiger partial charge on any atom is 0.513 e. The highest BCUT2D eigenvalue weighted by molar-refractivity contribution is 5.94. The first-order chi connectivity index (χ1) is 15.9. The van der Waals surface area contributed by atoms with E-state index >= 15 is 0 Å². The summed E-state index contributed by atoms with van der Waals surface area (Å²) in [6.07, 6.45) is 0.566. The third-order valence-corrected chi connectivity index (χ3v) is 5.40. The summed E-state index contributed by atoms with van der Waals surface area (Å²) in [4.78, 5) is 38.2. The molecule has 1 fully saturated rings. The van der Waals surface area contributed by atoms with Gasteiger partial charge in [-0.15, -0.1) is 0 Å². The van der Waals surface area contributed by atoms with Gasteiger partial charge in [-0.05, 0) is 69.5 Å². The van der Waals surface area contributed by atoms with Crippen molar-refractivity contribution >= 4 is 18.0 Å². The van der Waals surface area contributed by atoms with E-state index in [1.165, 1.54) is 0 Å². The van der Waals surface area contributed by atoms with Crippen molar-refractivity contribution < 1.29 is 28.6 Å². The molecule has 0 bridgehead atoms. The van der Waals surface area contributed by atoms with Crippen LogP contribution >= 0.6 is 0 Å². The van der Waals surface area contributed by atoms with Gasteiger partial charge in [0.25, 0.3) is 11.8 Å². The fourth-order valence-corrected chi connectivity index (χ4v) is 3.69. The lowest BCUT2D eigenvalue weighted by atomic mass is 10.0. The quantitative estimate of drug-likeness (QED) is 0.507. The molecule has 2 aromatic carbocycles. The molecule has 3 rings (SSSR count). The van der Waals surface area contributed by atoms with E-state index in [0.717, 1.165) is 11.1 Å². The van der Waals surface area contributed by atoms with Gasteiger partial charge in [-0.1, -0.05) is 17.7 Å². The van der Waals surface area contributed by atoms with Gasteiger partial charge >= 0.3 is 6.16 Å². The van der Waals surface area contributed by atoms with E-state index in [9.17, 15) is 14.4 Å². The lowest BCUT2D eigenvalue weighted by molar-refractivity contribution is -0.124. The van der Waals surface area contributed by atoms with E-state index in [1.807, 2.05) is 32.0 Å². The minimum atomic E-state index is -0.778. The summed E-state index contributed by atoms with van der Waals surface area (Å²) < 4.78 is 15.4. The smallest absolute Gasteiger partial charge is 0.484 e. The molecule has 8 nitrogen and oxygen atoms in total. The van der Waals surface area contributed by atoms with Gasteiger partial charge < -0.3 is 24.4 Å². The predicted molar refractivity (Wildman–Crippen MR) is 123 cm³/mol. The number of piperidine rings is 1. The molecule has 2 amide bonds. The molecule has 0 atom stereocenters. The normalized spacial score (nSPS) is 13.8. The lowest BCUT2D eigenvalue weighted by Gasteiger charge is -2.32. The molecule has 176 valence electrons. The molecular formula is C25H30N2O6. The van der Waals surface area contributed by atoms with E-state index in [0.29, 0.717) is 43.0 Å². The Morgan fingerprint density at radius 2 is 1.73 bits per heavy atom. The maximum atomic E-state index is 12.8. The standard InChI is InChI=1S/C25H30N2O6/c1-4-31-25(30)33-21-8-6-19(7-9-21)24(29)27-13-11-20(12-14-27)26-23(28)16-32-22-10-5-17(2)15-18(22)3/h5-10,15,20H,4,11-14,16H2,1-3H3,(H,26,28). The molecule has 1 heterocycles. The molecule has 1 aliphatic heterocycles. The van der Waals surface area contributed by atoms with E-state index in [2.05, 4.69) is 5.32 Å². The summed E-state index contributed by atoms with van der Waals surface area (Å²) in [5.74, 6) is 0.752. The van der Waals surface area contributed by atoms with Crippen molar-refractivity contribution in [2.24, 2.45) is 0 Å². The van der Waals surface area contributed by atoms with Gasteiger partial charge in [0.2, 0.25) is 0 Å². The van der Waals surface area contributed by atoms with Crippen molar-refractivity contribution in [3.63, 3.8) is 0 Å².